The smallest absolute Gasteiger partial charge is 0.410 e. The van der Waals surface area contributed by atoms with Gasteiger partial charge in [-0.15, -0.1) is 5.10 Å². The molecule has 212 valence electrons. The van der Waals surface area contributed by atoms with Crippen molar-refractivity contribution in [3.8, 4) is 11.6 Å². The Morgan fingerprint density at radius 2 is 1.75 bits per heavy atom. The van der Waals surface area contributed by atoms with Crippen molar-refractivity contribution in [2.24, 2.45) is 0 Å². The third kappa shape index (κ3) is 5.93. The summed E-state index contributed by atoms with van der Waals surface area (Å²) in [5.41, 5.74) is 4.20. The standard InChI is InChI=1S/C31H38N4O5/c1-21(2)23-11-13-24(14-12-23)35-25-15-16-34(30(37)40-31(3,4)5)26-19-33(17-18-38-28(32-35)27(25)26)29(36)39-20-22-9-7-6-8-10-22/h6-14,21,26H,15-20H2,1-5H3/t26-/m0/s1. The molecule has 1 atom stereocenters. The fraction of sp³-hybridized carbons (Fsp3) is 0.452. The third-order valence-corrected chi connectivity index (χ3v) is 7.18. The number of hydrogen-bond acceptors (Lipinski definition) is 6. The molecule has 2 aromatic carbocycles. The lowest BCUT2D eigenvalue weighted by molar-refractivity contribution is 0.00636. The number of carbonyl (C=O) groups excluding carboxylic acids is 2. The Morgan fingerprint density at radius 1 is 1.02 bits per heavy atom. The summed E-state index contributed by atoms with van der Waals surface area (Å²) in [6.07, 6.45) is -0.309. The van der Waals surface area contributed by atoms with Crippen LogP contribution in [0.3, 0.4) is 0 Å². The van der Waals surface area contributed by atoms with Crippen molar-refractivity contribution < 1.29 is 23.8 Å². The van der Waals surface area contributed by atoms with Crippen molar-refractivity contribution in [3.63, 3.8) is 0 Å². The van der Waals surface area contributed by atoms with Crippen LogP contribution >= 0.6 is 0 Å². The molecule has 3 heterocycles. The summed E-state index contributed by atoms with van der Waals surface area (Å²) >= 11 is 0. The van der Waals surface area contributed by atoms with Crippen LogP contribution in [0.2, 0.25) is 0 Å². The minimum absolute atomic E-state index is 0.165. The van der Waals surface area contributed by atoms with Crippen LogP contribution in [-0.4, -0.2) is 63.6 Å². The minimum Gasteiger partial charge on any atom is -0.474 e. The van der Waals surface area contributed by atoms with Crippen molar-refractivity contribution in [3.05, 3.63) is 77.0 Å². The molecule has 0 spiro atoms. The molecular weight excluding hydrogens is 508 g/mol. The summed E-state index contributed by atoms with van der Waals surface area (Å²) in [7, 11) is 0. The normalized spacial score (nSPS) is 17.0. The van der Waals surface area contributed by atoms with Gasteiger partial charge in [-0.05, 0) is 49.9 Å². The molecule has 9 heteroatoms. The van der Waals surface area contributed by atoms with Gasteiger partial charge >= 0.3 is 12.2 Å². The maximum Gasteiger partial charge on any atom is 0.410 e. The van der Waals surface area contributed by atoms with E-state index in [2.05, 4.69) is 38.1 Å². The monoisotopic (exact) mass is 546 g/mol. The topological polar surface area (TPSA) is 86.1 Å². The summed E-state index contributed by atoms with van der Waals surface area (Å²) in [6, 6.07) is 17.4. The number of nitrogens with zero attached hydrogens (tertiary/aromatic N) is 4. The van der Waals surface area contributed by atoms with Crippen LogP contribution in [-0.2, 0) is 22.5 Å². The van der Waals surface area contributed by atoms with Gasteiger partial charge in [0.25, 0.3) is 0 Å². The van der Waals surface area contributed by atoms with Crippen LogP contribution in [0.5, 0.6) is 5.88 Å². The zero-order valence-corrected chi connectivity index (χ0v) is 23.9. The molecule has 0 radical (unpaired) electrons. The summed E-state index contributed by atoms with van der Waals surface area (Å²) in [6.45, 7) is 11.3. The first-order valence-electron chi connectivity index (χ1n) is 13.9. The van der Waals surface area contributed by atoms with E-state index in [9.17, 15) is 9.59 Å². The number of amides is 2. The first-order chi connectivity index (χ1) is 19.1. The highest BCUT2D eigenvalue weighted by Gasteiger charge is 2.41. The molecule has 3 aromatic rings. The molecule has 0 fully saturated rings. The van der Waals surface area contributed by atoms with Crippen LogP contribution in [0.25, 0.3) is 5.69 Å². The van der Waals surface area contributed by atoms with Crippen molar-refractivity contribution in [1.29, 1.82) is 0 Å². The largest absolute Gasteiger partial charge is 0.474 e. The number of rotatable bonds is 4. The van der Waals surface area contributed by atoms with Gasteiger partial charge in [0.05, 0.1) is 29.5 Å². The fourth-order valence-corrected chi connectivity index (χ4v) is 5.13. The van der Waals surface area contributed by atoms with Gasteiger partial charge in [-0.25, -0.2) is 14.3 Å². The van der Waals surface area contributed by atoms with Crippen LogP contribution in [0.15, 0.2) is 54.6 Å². The average molecular weight is 547 g/mol. The summed E-state index contributed by atoms with van der Waals surface area (Å²) in [5, 5.41) is 4.85. The van der Waals surface area contributed by atoms with E-state index >= 15 is 0 Å². The maximum atomic E-state index is 13.4. The molecule has 5 rings (SSSR count). The highest BCUT2D eigenvalue weighted by atomic mass is 16.6. The van der Waals surface area contributed by atoms with Gasteiger partial charge in [-0.3, -0.25) is 4.90 Å². The van der Waals surface area contributed by atoms with Crippen LogP contribution in [0, 0.1) is 0 Å². The van der Waals surface area contributed by atoms with E-state index in [0.717, 1.165) is 22.5 Å². The summed E-state index contributed by atoms with van der Waals surface area (Å²) < 4.78 is 19.5. The van der Waals surface area contributed by atoms with Crippen molar-refractivity contribution in [1.82, 2.24) is 19.6 Å². The summed E-state index contributed by atoms with van der Waals surface area (Å²) in [5.74, 6) is 0.909. The van der Waals surface area contributed by atoms with Gasteiger partial charge in [0, 0.05) is 19.5 Å². The highest BCUT2D eigenvalue weighted by Crippen LogP contribution is 2.40. The van der Waals surface area contributed by atoms with Crippen molar-refractivity contribution >= 4 is 12.2 Å². The Bertz CT molecular complexity index is 1340. The van der Waals surface area contributed by atoms with Gasteiger partial charge in [0.2, 0.25) is 5.88 Å². The van der Waals surface area contributed by atoms with Gasteiger partial charge in [-0.1, -0.05) is 56.3 Å². The van der Waals surface area contributed by atoms with Gasteiger partial charge in [0.15, 0.2) is 0 Å². The number of ether oxygens (including phenoxy) is 3. The Morgan fingerprint density at radius 3 is 2.42 bits per heavy atom. The second kappa shape index (κ2) is 11.2. The molecule has 0 bridgehead atoms. The zero-order valence-electron chi connectivity index (χ0n) is 23.9. The molecule has 0 saturated heterocycles. The molecule has 0 saturated carbocycles. The molecule has 0 N–H and O–H groups in total. The molecule has 40 heavy (non-hydrogen) atoms. The lowest BCUT2D eigenvalue weighted by atomic mass is 9.97. The Kier molecular flexibility index (Phi) is 7.74. The highest BCUT2D eigenvalue weighted by molar-refractivity contribution is 5.71. The second-order valence-corrected chi connectivity index (χ2v) is 11.6. The molecular formula is C31H38N4O5. The zero-order chi connectivity index (χ0) is 28.4. The first kappa shape index (κ1) is 27.6. The molecule has 0 aliphatic carbocycles. The maximum absolute atomic E-state index is 13.4. The van der Waals surface area contributed by atoms with Crippen molar-refractivity contribution in [2.45, 2.75) is 65.2 Å². The third-order valence-electron chi connectivity index (χ3n) is 7.18. The van der Waals surface area contributed by atoms with Crippen molar-refractivity contribution in [2.75, 3.05) is 26.2 Å². The molecule has 2 amide bonds. The van der Waals surface area contributed by atoms with Crippen LogP contribution in [0.4, 0.5) is 9.59 Å². The quantitative estimate of drug-likeness (QED) is 0.407. The lowest BCUT2D eigenvalue weighted by Crippen LogP contribution is -2.49. The Labute approximate surface area is 235 Å². The van der Waals surface area contributed by atoms with Crippen LogP contribution < -0.4 is 4.74 Å². The van der Waals surface area contributed by atoms with Crippen LogP contribution in [0.1, 0.15) is 69.0 Å². The fourth-order valence-electron chi connectivity index (χ4n) is 5.13. The molecule has 0 unspecified atom stereocenters. The summed E-state index contributed by atoms with van der Waals surface area (Å²) in [4.78, 5) is 29.9. The minimum atomic E-state index is -0.658. The van der Waals surface area contributed by atoms with E-state index in [0.29, 0.717) is 31.3 Å². The number of aromatic nitrogens is 2. The Balaban J connectivity index is 1.47. The SMILES string of the molecule is CC(C)c1ccc(-n2nc3c4c2CCN(C(=O)OC(C)(C)C)[C@H]4CN(C(=O)OCc2ccccc2)CCO3)cc1. The van der Waals surface area contributed by atoms with E-state index in [1.807, 2.05) is 55.8 Å². The van der Waals surface area contributed by atoms with E-state index in [1.165, 1.54) is 5.56 Å². The predicted molar refractivity (Wildman–Crippen MR) is 151 cm³/mol. The second-order valence-electron chi connectivity index (χ2n) is 11.6. The lowest BCUT2D eigenvalue weighted by Gasteiger charge is -2.40. The van der Waals surface area contributed by atoms with E-state index in [1.54, 1.807) is 9.80 Å². The number of hydrogen-bond donors (Lipinski definition) is 0. The molecule has 9 nitrogen and oxygen atoms in total. The number of carbonyl (C=O) groups is 2. The Hall–Kier alpha value is -4.01. The first-order valence-corrected chi connectivity index (χ1v) is 13.9. The average Bonchev–Trinajstić information content (AvgIpc) is 3.28. The molecule has 2 aliphatic heterocycles. The van der Waals surface area contributed by atoms with Gasteiger partial charge in [0.1, 0.15) is 18.8 Å². The van der Waals surface area contributed by atoms with Gasteiger partial charge < -0.3 is 19.1 Å². The molecule has 2 aliphatic rings. The van der Waals surface area contributed by atoms with E-state index < -0.39 is 23.8 Å². The predicted octanol–water partition coefficient (Wildman–Crippen LogP) is 5.86. The van der Waals surface area contributed by atoms with E-state index in [4.69, 9.17) is 19.3 Å². The van der Waals surface area contributed by atoms with Gasteiger partial charge in [-0.2, -0.15) is 0 Å². The number of benzene rings is 2. The molecule has 1 aromatic heterocycles. The van der Waals surface area contributed by atoms with E-state index in [-0.39, 0.29) is 19.8 Å².